The van der Waals surface area contributed by atoms with Crippen LogP contribution in [0.3, 0.4) is 0 Å². The number of aromatic nitrogens is 2. The molecule has 5 aromatic rings. The third-order valence-electron chi connectivity index (χ3n) is 10.8. The first-order chi connectivity index (χ1) is 25.6. The number of carbonyl (C=O) groups excluding carboxylic acids is 1. The lowest BCUT2D eigenvalue weighted by atomic mass is 9.62. The van der Waals surface area contributed by atoms with Crippen molar-refractivity contribution in [2.24, 2.45) is 5.92 Å². The maximum Gasteiger partial charge on any atom is 0.351 e. The summed E-state index contributed by atoms with van der Waals surface area (Å²) in [5.41, 5.74) is -0.0340. The lowest BCUT2D eigenvalue weighted by Crippen LogP contribution is -2.75. The number of benzene rings is 4. The highest BCUT2D eigenvalue weighted by Gasteiger charge is 2.77. The number of hydrogen-bond acceptors (Lipinski definition) is 8. The van der Waals surface area contributed by atoms with Crippen LogP contribution in [0.2, 0.25) is 5.04 Å². The molecule has 0 spiro atoms. The smallest absolute Gasteiger partial charge is 0.351 e. The number of nitrogens with one attached hydrogen (secondary N) is 1. The van der Waals surface area contributed by atoms with Crippen molar-refractivity contribution < 1.29 is 28.2 Å². The largest absolute Gasteiger partial charge is 0.404 e. The van der Waals surface area contributed by atoms with Crippen LogP contribution < -0.4 is 21.4 Å². The molecule has 1 aliphatic carbocycles. The van der Waals surface area contributed by atoms with Gasteiger partial charge in [-0.3, -0.25) is 9.36 Å². The van der Waals surface area contributed by atoms with Crippen molar-refractivity contribution in [3.63, 3.8) is 0 Å². The molecule has 2 unspecified atom stereocenters. The van der Waals surface area contributed by atoms with Gasteiger partial charge >= 0.3 is 5.69 Å². The molecule has 1 amide bonds. The van der Waals surface area contributed by atoms with E-state index < -0.39 is 43.6 Å². The van der Waals surface area contributed by atoms with E-state index in [1.807, 2.05) is 48.5 Å². The Morgan fingerprint density at radius 3 is 2.09 bits per heavy atom. The van der Waals surface area contributed by atoms with E-state index in [4.69, 9.17) is 23.4 Å². The quantitative estimate of drug-likeness (QED) is 0.174. The van der Waals surface area contributed by atoms with Crippen LogP contribution in [0.1, 0.15) is 49.3 Å². The van der Waals surface area contributed by atoms with E-state index in [0.29, 0.717) is 18.6 Å². The van der Waals surface area contributed by atoms with E-state index in [1.54, 1.807) is 36.5 Å². The number of nitrogens with zero attached hydrogens (tertiary/aromatic N) is 2. The third-order valence-corrected chi connectivity index (χ3v) is 15.8. The van der Waals surface area contributed by atoms with Gasteiger partial charge in [-0.15, -0.1) is 0 Å². The second kappa shape index (κ2) is 13.9. The fourth-order valence-electron chi connectivity index (χ4n) is 8.37. The molecule has 3 fully saturated rings. The van der Waals surface area contributed by atoms with Gasteiger partial charge < -0.3 is 28.7 Å². The van der Waals surface area contributed by atoms with Crippen LogP contribution in [0.25, 0.3) is 0 Å². The van der Waals surface area contributed by atoms with E-state index in [1.165, 1.54) is 4.57 Å². The van der Waals surface area contributed by atoms with E-state index >= 15 is 0 Å². The Morgan fingerprint density at radius 1 is 0.887 bits per heavy atom. The zero-order chi connectivity index (χ0) is 36.7. The fourth-order valence-corrected chi connectivity index (χ4v) is 13.0. The highest BCUT2D eigenvalue weighted by atomic mass is 28.4. The monoisotopic (exact) mass is 729 g/mol. The van der Waals surface area contributed by atoms with Gasteiger partial charge in [0.15, 0.2) is 18.8 Å². The van der Waals surface area contributed by atoms with Gasteiger partial charge in [-0.05, 0) is 39.2 Å². The first-order valence-electron chi connectivity index (χ1n) is 18.0. The first-order valence-corrected chi connectivity index (χ1v) is 19.9. The number of hydrogen-bond donors (Lipinski definition) is 1. The minimum Gasteiger partial charge on any atom is -0.404 e. The van der Waals surface area contributed by atoms with Crippen molar-refractivity contribution in [3.05, 3.63) is 155 Å². The van der Waals surface area contributed by atoms with Crippen LogP contribution in [-0.2, 0) is 30.0 Å². The van der Waals surface area contributed by atoms with Gasteiger partial charge in [0.1, 0.15) is 17.5 Å². The van der Waals surface area contributed by atoms with Gasteiger partial charge in [0.05, 0.1) is 19.1 Å². The van der Waals surface area contributed by atoms with E-state index in [0.717, 1.165) is 15.9 Å². The molecule has 3 heterocycles. The summed E-state index contributed by atoms with van der Waals surface area (Å²) in [6.45, 7) is 7.23. The van der Waals surface area contributed by atoms with Gasteiger partial charge in [-0.1, -0.05) is 130 Å². The Morgan fingerprint density at radius 2 is 1.49 bits per heavy atom. The number of carbonyl (C=O) groups is 1. The average Bonchev–Trinajstić information content (AvgIpc) is 3.47. The van der Waals surface area contributed by atoms with Crippen molar-refractivity contribution in [2.45, 2.75) is 62.6 Å². The zero-order valence-electron chi connectivity index (χ0n) is 30.0. The summed E-state index contributed by atoms with van der Waals surface area (Å²) in [7, 11) is -2.98. The molecular weight excluding hydrogens is 687 g/mol. The molecule has 2 saturated heterocycles. The maximum absolute atomic E-state index is 13.7. The Kier molecular flexibility index (Phi) is 9.26. The van der Waals surface area contributed by atoms with Crippen LogP contribution in [0.4, 0.5) is 5.82 Å². The molecule has 1 aromatic heterocycles. The molecule has 0 radical (unpaired) electrons. The van der Waals surface area contributed by atoms with Crippen LogP contribution in [0, 0.1) is 5.92 Å². The van der Waals surface area contributed by atoms with Gasteiger partial charge in [0, 0.05) is 18.2 Å². The van der Waals surface area contributed by atoms with Crippen molar-refractivity contribution in [2.75, 3.05) is 18.7 Å². The Balaban J connectivity index is 1.15. The van der Waals surface area contributed by atoms with E-state index in [-0.39, 0.29) is 30.2 Å². The summed E-state index contributed by atoms with van der Waals surface area (Å²) in [4.78, 5) is 30.8. The molecule has 1 saturated carbocycles. The van der Waals surface area contributed by atoms with Gasteiger partial charge in [-0.25, -0.2) is 4.79 Å². The van der Waals surface area contributed by atoms with Crippen molar-refractivity contribution in [1.82, 2.24) is 9.55 Å². The summed E-state index contributed by atoms with van der Waals surface area (Å²) in [5, 5.41) is 4.76. The molecule has 0 bridgehead atoms. The molecule has 272 valence electrons. The lowest BCUT2D eigenvalue weighted by molar-refractivity contribution is -0.420. The first kappa shape index (κ1) is 35.3. The minimum absolute atomic E-state index is 0.0329. The number of ether oxygens (including phenoxy) is 4. The van der Waals surface area contributed by atoms with E-state index in [2.05, 4.69) is 79.6 Å². The SMILES string of the molecule is CC(C)(C)[Si](OC[C@]12CC3(OCc4ccccc4)OCO[C@@H](C31)[C@H](n1ccc(NC(=O)c3ccccc3)nc1=O)O2)(c1ccccc1)c1ccccc1. The summed E-state index contributed by atoms with van der Waals surface area (Å²) in [6, 6.07) is 41.3. The second-order valence-corrected chi connectivity index (χ2v) is 19.3. The highest BCUT2D eigenvalue weighted by Crippen LogP contribution is 2.64. The molecule has 1 N–H and O–H groups in total. The maximum atomic E-state index is 13.7. The average molecular weight is 730 g/mol. The fraction of sp³-hybridized carbons (Fsp3) is 0.310. The topological polar surface area (TPSA) is 110 Å². The number of anilines is 1. The third kappa shape index (κ3) is 6.27. The van der Waals surface area contributed by atoms with Gasteiger partial charge in [0.2, 0.25) is 0 Å². The Bertz CT molecular complexity index is 2070. The molecule has 8 rings (SSSR count). The van der Waals surface area contributed by atoms with Crippen LogP contribution in [0.5, 0.6) is 0 Å². The van der Waals surface area contributed by atoms with Crippen LogP contribution in [-0.4, -0.2) is 54.7 Å². The van der Waals surface area contributed by atoms with E-state index in [9.17, 15) is 9.59 Å². The molecular formula is C42H43N3O7Si. The predicted molar refractivity (Wildman–Crippen MR) is 202 cm³/mol. The van der Waals surface area contributed by atoms with Crippen LogP contribution >= 0.6 is 0 Å². The summed E-state index contributed by atoms with van der Waals surface area (Å²) in [6.07, 6.45) is 0.500. The Labute approximate surface area is 309 Å². The molecule has 2 aliphatic heterocycles. The molecule has 53 heavy (non-hydrogen) atoms. The van der Waals surface area contributed by atoms with Gasteiger partial charge in [-0.2, -0.15) is 4.98 Å². The van der Waals surface area contributed by atoms with Crippen molar-refractivity contribution >= 4 is 30.4 Å². The summed E-state index contributed by atoms with van der Waals surface area (Å²) < 4.78 is 35.3. The standard InChI is InChI=1S/C42H43N3O7Si/c1-40(2,3)53(32-20-12-6-13-21-32,33-22-14-7-15-23-33)51-28-41-27-42(49-26-30-16-8-4-9-17-30)36(41)35(48-29-50-42)38(52-41)45-25-24-34(44-39(45)47)43-37(46)31-18-10-5-11-19-31/h4-25,35-36,38H,26-29H2,1-3H3,(H,43,44,46,47)/t35-,36?,38+,41+,42?/m0/s1. The zero-order valence-corrected chi connectivity index (χ0v) is 31.0. The normalized spacial score (nSPS) is 24.9. The number of rotatable bonds is 11. The highest BCUT2D eigenvalue weighted by molar-refractivity contribution is 6.99. The second-order valence-electron chi connectivity index (χ2n) is 15.0. The Hall–Kier alpha value is -4.75. The lowest BCUT2D eigenvalue weighted by Gasteiger charge is -2.60. The molecule has 5 atom stereocenters. The predicted octanol–water partition coefficient (Wildman–Crippen LogP) is 5.65. The number of amides is 1. The molecule has 10 nitrogen and oxygen atoms in total. The molecule has 11 heteroatoms. The van der Waals surface area contributed by atoms with Crippen LogP contribution in [0.15, 0.2) is 138 Å². The van der Waals surface area contributed by atoms with Crippen molar-refractivity contribution in [3.8, 4) is 0 Å². The summed E-state index contributed by atoms with van der Waals surface area (Å²) >= 11 is 0. The van der Waals surface area contributed by atoms with Gasteiger partial charge in [0.25, 0.3) is 14.2 Å². The minimum atomic E-state index is -2.98. The van der Waals surface area contributed by atoms with Crippen molar-refractivity contribution in [1.29, 1.82) is 0 Å². The summed E-state index contributed by atoms with van der Waals surface area (Å²) in [5.74, 6) is -1.68. The molecule has 3 aliphatic rings. The molecule has 4 aromatic carbocycles.